The first-order chi connectivity index (χ1) is 8.99. The average Bonchev–Trinajstić information content (AvgIpc) is 2.38. The second-order valence-electron chi connectivity index (χ2n) is 5.68. The lowest BCUT2D eigenvalue weighted by Gasteiger charge is -2.36. The Labute approximate surface area is 115 Å². The molecule has 2 N–H and O–H groups in total. The van der Waals surface area contributed by atoms with E-state index in [4.69, 9.17) is 5.73 Å². The summed E-state index contributed by atoms with van der Waals surface area (Å²) in [5, 5.41) is 0. The number of hydrogen-bond acceptors (Lipinski definition) is 3. The van der Waals surface area contributed by atoms with E-state index in [-0.39, 0.29) is 11.9 Å². The van der Waals surface area contributed by atoms with Gasteiger partial charge in [0.1, 0.15) is 5.82 Å². The van der Waals surface area contributed by atoms with Crippen LogP contribution in [0.3, 0.4) is 0 Å². The van der Waals surface area contributed by atoms with Gasteiger partial charge in [-0.2, -0.15) is 0 Å². The smallest absolute Gasteiger partial charge is 0.146 e. The quantitative estimate of drug-likeness (QED) is 0.910. The molecule has 0 saturated carbocycles. The maximum atomic E-state index is 14.1. The van der Waals surface area contributed by atoms with Gasteiger partial charge in [-0.05, 0) is 51.6 Å². The molecule has 0 aromatic heterocycles. The Kier molecular flexibility index (Phi) is 4.42. The fourth-order valence-corrected chi connectivity index (χ4v) is 2.69. The molecule has 0 spiro atoms. The van der Waals surface area contributed by atoms with Crippen LogP contribution < -0.4 is 10.6 Å². The van der Waals surface area contributed by atoms with Crippen LogP contribution in [0.15, 0.2) is 18.2 Å². The van der Waals surface area contributed by atoms with Gasteiger partial charge in [0.15, 0.2) is 0 Å². The lowest BCUT2D eigenvalue weighted by molar-refractivity contribution is 0.249. The fraction of sp³-hybridized carbons (Fsp3) is 0.600. The number of halogens is 1. The zero-order chi connectivity index (χ0) is 14.0. The standard InChI is InChI=1S/C15H24FN3/c1-11(17)12-4-5-15(14(16)10-12)19-8-6-13(7-9-19)18(2)3/h4-5,10-11,13H,6-9,17H2,1-3H3/t11-/m0/s1. The molecule has 1 heterocycles. The minimum absolute atomic E-state index is 0.122. The second kappa shape index (κ2) is 5.88. The van der Waals surface area contributed by atoms with Crippen LogP contribution in [-0.4, -0.2) is 38.1 Å². The maximum Gasteiger partial charge on any atom is 0.146 e. The summed E-state index contributed by atoms with van der Waals surface area (Å²) in [6.07, 6.45) is 2.17. The van der Waals surface area contributed by atoms with Gasteiger partial charge in [0.05, 0.1) is 5.69 Å². The van der Waals surface area contributed by atoms with Crippen LogP contribution in [0.1, 0.15) is 31.4 Å². The van der Waals surface area contributed by atoms with Crippen molar-refractivity contribution in [3.05, 3.63) is 29.6 Å². The summed E-state index contributed by atoms with van der Waals surface area (Å²) in [6.45, 7) is 3.70. The molecule has 0 unspecified atom stereocenters. The molecule has 1 atom stereocenters. The molecule has 4 heteroatoms. The molecule has 0 bridgehead atoms. The first-order valence-electron chi connectivity index (χ1n) is 6.95. The van der Waals surface area contributed by atoms with Gasteiger partial charge >= 0.3 is 0 Å². The highest BCUT2D eigenvalue weighted by molar-refractivity contribution is 5.50. The number of rotatable bonds is 3. The van der Waals surface area contributed by atoms with Gasteiger partial charge in [-0.15, -0.1) is 0 Å². The molecule has 19 heavy (non-hydrogen) atoms. The topological polar surface area (TPSA) is 32.5 Å². The minimum atomic E-state index is -0.155. The summed E-state index contributed by atoms with van der Waals surface area (Å²) in [7, 11) is 4.22. The second-order valence-corrected chi connectivity index (χ2v) is 5.68. The summed E-state index contributed by atoms with van der Waals surface area (Å²) in [5.41, 5.74) is 7.34. The Morgan fingerprint density at radius 1 is 1.32 bits per heavy atom. The van der Waals surface area contributed by atoms with Gasteiger partial charge in [0.25, 0.3) is 0 Å². The molecule has 0 radical (unpaired) electrons. The molecular weight excluding hydrogens is 241 g/mol. The maximum absolute atomic E-state index is 14.1. The largest absolute Gasteiger partial charge is 0.369 e. The van der Waals surface area contributed by atoms with Crippen molar-refractivity contribution in [1.82, 2.24) is 4.90 Å². The molecule has 1 aromatic carbocycles. The predicted octanol–water partition coefficient (Wildman–Crippen LogP) is 2.38. The number of nitrogens with two attached hydrogens (primary N) is 1. The predicted molar refractivity (Wildman–Crippen MR) is 77.9 cm³/mol. The van der Waals surface area contributed by atoms with E-state index in [1.165, 1.54) is 0 Å². The Morgan fingerprint density at radius 3 is 2.42 bits per heavy atom. The SMILES string of the molecule is C[C@H](N)c1ccc(N2CCC(N(C)C)CC2)c(F)c1. The zero-order valence-corrected chi connectivity index (χ0v) is 12.1. The van der Waals surface area contributed by atoms with E-state index in [9.17, 15) is 4.39 Å². The Balaban J connectivity index is 2.07. The molecule has 0 amide bonds. The van der Waals surface area contributed by atoms with Gasteiger partial charge in [-0.25, -0.2) is 4.39 Å². The van der Waals surface area contributed by atoms with Crippen molar-refractivity contribution in [3.63, 3.8) is 0 Å². The summed E-state index contributed by atoms with van der Waals surface area (Å²) < 4.78 is 14.1. The number of piperidine rings is 1. The zero-order valence-electron chi connectivity index (χ0n) is 12.1. The van der Waals surface area contributed by atoms with Gasteiger partial charge in [-0.3, -0.25) is 0 Å². The van der Waals surface area contributed by atoms with E-state index in [0.717, 1.165) is 31.5 Å². The first kappa shape index (κ1) is 14.3. The highest BCUT2D eigenvalue weighted by atomic mass is 19.1. The third-order valence-electron chi connectivity index (χ3n) is 4.03. The van der Waals surface area contributed by atoms with Crippen molar-refractivity contribution in [2.45, 2.75) is 31.8 Å². The first-order valence-corrected chi connectivity index (χ1v) is 6.95. The van der Waals surface area contributed by atoms with Crippen molar-refractivity contribution < 1.29 is 4.39 Å². The lowest BCUT2D eigenvalue weighted by Crippen LogP contribution is -2.42. The number of hydrogen-bond donors (Lipinski definition) is 1. The molecule has 1 aromatic rings. The van der Waals surface area contributed by atoms with Crippen LogP contribution in [0.2, 0.25) is 0 Å². The molecule has 2 rings (SSSR count). The van der Waals surface area contributed by atoms with Gasteiger partial charge in [0, 0.05) is 25.2 Å². The molecule has 3 nitrogen and oxygen atoms in total. The Hall–Kier alpha value is -1.13. The van der Waals surface area contributed by atoms with Crippen molar-refractivity contribution in [3.8, 4) is 0 Å². The molecule has 0 aliphatic carbocycles. The van der Waals surface area contributed by atoms with Crippen molar-refractivity contribution >= 4 is 5.69 Å². The van der Waals surface area contributed by atoms with Gasteiger partial charge in [0.2, 0.25) is 0 Å². The summed E-state index contributed by atoms with van der Waals surface area (Å²) in [6, 6.07) is 5.86. The van der Waals surface area contributed by atoms with E-state index < -0.39 is 0 Å². The molecule has 1 aliphatic rings. The minimum Gasteiger partial charge on any atom is -0.369 e. The van der Waals surface area contributed by atoms with Crippen LogP contribution in [0.5, 0.6) is 0 Å². The highest BCUT2D eigenvalue weighted by Crippen LogP contribution is 2.26. The number of benzene rings is 1. The molecule has 1 saturated heterocycles. The highest BCUT2D eigenvalue weighted by Gasteiger charge is 2.22. The van der Waals surface area contributed by atoms with E-state index in [1.807, 2.05) is 19.1 Å². The van der Waals surface area contributed by atoms with Crippen LogP contribution in [-0.2, 0) is 0 Å². The van der Waals surface area contributed by atoms with E-state index >= 15 is 0 Å². The van der Waals surface area contributed by atoms with Crippen molar-refractivity contribution in [1.29, 1.82) is 0 Å². The third-order valence-corrected chi connectivity index (χ3v) is 4.03. The summed E-state index contributed by atoms with van der Waals surface area (Å²) in [5.74, 6) is -0.155. The van der Waals surface area contributed by atoms with Crippen LogP contribution in [0.25, 0.3) is 0 Å². The van der Waals surface area contributed by atoms with Gasteiger partial charge < -0.3 is 15.5 Å². The number of nitrogens with zero attached hydrogens (tertiary/aromatic N) is 2. The van der Waals surface area contributed by atoms with E-state index in [1.54, 1.807) is 6.07 Å². The third kappa shape index (κ3) is 3.25. The average molecular weight is 265 g/mol. The van der Waals surface area contributed by atoms with Crippen molar-refractivity contribution in [2.75, 3.05) is 32.1 Å². The van der Waals surface area contributed by atoms with Crippen LogP contribution in [0.4, 0.5) is 10.1 Å². The molecule has 106 valence electrons. The Morgan fingerprint density at radius 2 is 1.95 bits per heavy atom. The molecule has 1 aliphatic heterocycles. The lowest BCUT2D eigenvalue weighted by atomic mass is 10.0. The van der Waals surface area contributed by atoms with Crippen LogP contribution >= 0.6 is 0 Å². The monoisotopic (exact) mass is 265 g/mol. The van der Waals surface area contributed by atoms with E-state index in [0.29, 0.717) is 11.7 Å². The summed E-state index contributed by atoms with van der Waals surface area (Å²) >= 11 is 0. The Bertz CT molecular complexity index is 423. The van der Waals surface area contributed by atoms with Crippen LogP contribution in [0, 0.1) is 5.82 Å². The number of anilines is 1. The van der Waals surface area contributed by atoms with E-state index in [2.05, 4.69) is 23.9 Å². The summed E-state index contributed by atoms with van der Waals surface area (Å²) in [4.78, 5) is 4.40. The normalized spacial score (nSPS) is 18.9. The van der Waals surface area contributed by atoms with Crippen molar-refractivity contribution in [2.24, 2.45) is 5.73 Å². The fourth-order valence-electron chi connectivity index (χ4n) is 2.69. The van der Waals surface area contributed by atoms with Gasteiger partial charge in [-0.1, -0.05) is 6.07 Å². The molecule has 1 fully saturated rings. The molecular formula is C15H24FN3.